The van der Waals surface area contributed by atoms with Crippen LogP contribution in [0.4, 0.5) is 0 Å². The van der Waals surface area contributed by atoms with Gasteiger partial charge in [-0.15, -0.1) is 6.58 Å². The predicted molar refractivity (Wildman–Crippen MR) is 129 cm³/mol. The Morgan fingerprint density at radius 3 is 2.32 bits per heavy atom. The van der Waals surface area contributed by atoms with Crippen LogP contribution in [0.2, 0.25) is 18.1 Å². The lowest BCUT2D eigenvalue weighted by Crippen LogP contribution is -2.45. The quantitative estimate of drug-likeness (QED) is 0.229. The minimum atomic E-state index is -2.04. The minimum Gasteiger partial charge on any atom is -0.497 e. The number of hydrogen-bond acceptors (Lipinski definition) is 5. The number of aliphatic hydroxyl groups excluding tert-OH is 1. The van der Waals surface area contributed by atoms with Gasteiger partial charge in [-0.05, 0) is 62.0 Å². The van der Waals surface area contributed by atoms with Gasteiger partial charge in [0.15, 0.2) is 8.32 Å². The van der Waals surface area contributed by atoms with Gasteiger partial charge in [0.1, 0.15) is 11.5 Å². The standard InChI is InChI=1S/C25H42O5Si/c1-9-10-23(19(2)26)24(27)17-22(30-31(7,8)25(3,4)5)15-16-29-18-20-11-13-21(28-6)14-12-20/h9,11-14,22-24,27H,1,10,15-18H2,2-8H3/t22-,23+,24?/m0/s1. The molecule has 0 bridgehead atoms. The third-order valence-corrected chi connectivity index (χ3v) is 10.7. The molecule has 1 aromatic carbocycles. The number of methoxy groups -OCH3 is 1. The predicted octanol–water partition coefficient (Wildman–Crippen LogP) is 5.52. The molecule has 0 saturated heterocycles. The average molecular weight is 451 g/mol. The summed E-state index contributed by atoms with van der Waals surface area (Å²) >= 11 is 0. The van der Waals surface area contributed by atoms with Crippen molar-refractivity contribution in [2.45, 2.75) is 83.9 Å². The third kappa shape index (κ3) is 9.27. The highest BCUT2D eigenvalue weighted by Gasteiger charge is 2.40. The largest absolute Gasteiger partial charge is 0.497 e. The molecule has 0 aliphatic carbocycles. The molecule has 31 heavy (non-hydrogen) atoms. The van der Waals surface area contributed by atoms with Crippen LogP contribution in [0.15, 0.2) is 36.9 Å². The fourth-order valence-corrected chi connectivity index (χ4v) is 4.55. The van der Waals surface area contributed by atoms with Crippen molar-refractivity contribution in [3.05, 3.63) is 42.5 Å². The van der Waals surface area contributed by atoms with Gasteiger partial charge in [0, 0.05) is 18.6 Å². The Kier molecular flexibility index (Phi) is 11.1. The molecule has 0 fully saturated rings. The van der Waals surface area contributed by atoms with Gasteiger partial charge in [-0.1, -0.05) is 39.0 Å². The summed E-state index contributed by atoms with van der Waals surface area (Å²) < 4.78 is 17.7. The molecule has 0 aliphatic rings. The van der Waals surface area contributed by atoms with E-state index in [0.29, 0.717) is 32.5 Å². The van der Waals surface area contributed by atoms with E-state index in [1.165, 1.54) is 6.92 Å². The molecule has 176 valence electrons. The van der Waals surface area contributed by atoms with Crippen molar-refractivity contribution in [2.75, 3.05) is 13.7 Å². The first-order valence-corrected chi connectivity index (χ1v) is 14.0. The second kappa shape index (κ2) is 12.5. The van der Waals surface area contributed by atoms with Crippen LogP contribution in [-0.2, 0) is 20.6 Å². The second-order valence-corrected chi connectivity index (χ2v) is 14.5. The lowest BCUT2D eigenvalue weighted by molar-refractivity contribution is -0.124. The second-order valence-electron chi connectivity index (χ2n) is 9.73. The van der Waals surface area contributed by atoms with Crippen molar-refractivity contribution in [3.63, 3.8) is 0 Å². The van der Waals surface area contributed by atoms with E-state index in [0.717, 1.165) is 11.3 Å². The number of Topliss-reactive ketones (excluding diaryl/α,β-unsaturated/α-hetero) is 1. The molecule has 1 rings (SSSR count). The fourth-order valence-electron chi connectivity index (χ4n) is 3.15. The summed E-state index contributed by atoms with van der Waals surface area (Å²) in [5.74, 6) is 0.359. The fraction of sp³-hybridized carbons (Fsp3) is 0.640. The number of allylic oxidation sites excluding steroid dienone is 1. The molecule has 1 N–H and O–H groups in total. The summed E-state index contributed by atoms with van der Waals surface area (Å²) in [7, 11) is -0.389. The van der Waals surface area contributed by atoms with Gasteiger partial charge < -0.3 is 19.0 Å². The number of hydrogen-bond donors (Lipinski definition) is 1. The normalized spacial score (nSPS) is 15.2. The van der Waals surface area contributed by atoms with Crippen LogP contribution in [0.5, 0.6) is 5.75 Å². The number of benzene rings is 1. The Hall–Kier alpha value is -1.47. The van der Waals surface area contributed by atoms with E-state index in [1.54, 1.807) is 13.2 Å². The van der Waals surface area contributed by atoms with Crippen molar-refractivity contribution >= 4 is 14.1 Å². The van der Waals surface area contributed by atoms with Crippen LogP contribution >= 0.6 is 0 Å². The molecule has 6 heteroatoms. The number of rotatable bonds is 14. The summed E-state index contributed by atoms with van der Waals surface area (Å²) in [5, 5.41) is 10.8. The molecule has 3 atom stereocenters. The summed E-state index contributed by atoms with van der Waals surface area (Å²) in [5.41, 5.74) is 1.07. The maximum Gasteiger partial charge on any atom is 0.192 e. The molecule has 0 radical (unpaired) electrons. The number of carbonyl (C=O) groups excluding carboxylic acids is 1. The zero-order valence-electron chi connectivity index (χ0n) is 20.4. The SMILES string of the molecule is C=CC[C@H](C(C)=O)C(O)C[C@H](CCOCc1ccc(OC)cc1)O[Si](C)(C)C(C)(C)C. The maximum atomic E-state index is 12.0. The van der Waals surface area contributed by atoms with E-state index in [1.807, 2.05) is 24.3 Å². The molecule has 1 aromatic rings. The van der Waals surface area contributed by atoms with Gasteiger partial charge in [0.05, 0.1) is 19.8 Å². The first-order chi connectivity index (χ1) is 14.4. The molecule has 0 amide bonds. The molecule has 0 saturated carbocycles. The van der Waals surface area contributed by atoms with E-state index < -0.39 is 20.3 Å². The van der Waals surface area contributed by atoms with Gasteiger partial charge >= 0.3 is 0 Å². The molecule has 0 spiro atoms. The lowest BCUT2D eigenvalue weighted by Gasteiger charge is -2.40. The molecular formula is C25H42O5Si. The minimum absolute atomic E-state index is 0.0192. The van der Waals surface area contributed by atoms with Crippen LogP contribution in [0, 0.1) is 5.92 Å². The highest BCUT2D eigenvalue weighted by molar-refractivity contribution is 6.74. The maximum absolute atomic E-state index is 12.0. The Labute approximate surface area is 189 Å². The van der Waals surface area contributed by atoms with Gasteiger partial charge in [-0.3, -0.25) is 4.79 Å². The Morgan fingerprint density at radius 1 is 1.23 bits per heavy atom. The van der Waals surface area contributed by atoms with Crippen molar-refractivity contribution < 1.29 is 23.8 Å². The monoisotopic (exact) mass is 450 g/mol. The summed E-state index contributed by atoms with van der Waals surface area (Å²) in [6, 6.07) is 7.80. The molecule has 0 aliphatic heterocycles. The number of aliphatic hydroxyl groups is 1. The van der Waals surface area contributed by atoms with E-state index in [2.05, 4.69) is 40.4 Å². The van der Waals surface area contributed by atoms with Crippen LogP contribution in [-0.4, -0.2) is 45.1 Å². The summed E-state index contributed by atoms with van der Waals surface area (Å²) in [6.07, 6.45) is 2.31. The summed E-state index contributed by atoms with van der Waals surface area (Å²) in [4.78, 5) is 12.0. The topological polar surface area (TPSA) is 65.0 Å². The molecule has 0 aromatic heterocycles. The zero-order chi connectivity index (χ0) is 23.7. The molecule has 5 nitrogen and oxygen atoms in total. The molecule has 1 unspecified atom stereocenters. The van der Waals surface area contributed by atoms with E-state index in [4.69, 9.17) is 13.9 Å². The van der Waals surface area contributed by atoms with Gasteiger partial charge in [0.25, 0.3) is 0 Å². The first kappa shape index (κ1) is 27.6. The van der Waals surface area contributed by atoms with Crippen LogP contribution < -0.4 is 4.74 Å². The first-order valence-electron chi connectivity index (χ1n) is 11.1. The molecule has 0 heterocycles. The Bertz CT molecular complexity index is 678. The third-order valence-electron chi connectivity index (χ3n) is 6.19. The van der Waals surface area contributed by atoms with Crippen LogP contribution in [0.3, 0.4) is 0 Å². The number of ether oxygens (including phenoxy) is 2. The Balaban J connectivity index is 2.76. The van der Waals surface area contributed by atoms with E-state index >= 15 is 0 Å². The van der Waals surface area contributed by atoms with E-state index in [9.17, 15) is 9.90 Å². The van der Waals surface area contributed by atoms with Crippen molar-refractivity contribution in [1.82, 2.24) is 0 Å². The van der Waals surface area contributed by atoms with Gasteiger partial charge in [-0.2, -0.15) is 0 Å². The highest BCUT2D eigenvalue weighted by Crippen LogP contribution is 2.38. The average Bonchev–Trinajstić information content (AvgIpc) is 2.68. The highest BCUT2D eigenvalue weighted by atomic mass is 28.4. The van der Waals surface area contributed by atoms with Crippen molar-refractivity contribution in [3.8, 4) is 5.75 Å². The van der Waals surface area contributed by atoms with Crippen LogP contribution in [0.25, 0.3) is 0 Å². The number of carbonyl (C=O) groups is 1. The number of ketones is 1. The zero-order valence-corrected chi connectivity index (χ0v) is 21.4. The smallest absolute Gasteiger partial charge is 0.192 e. The van der Waals surface area contributed by atoms with Crippen LogP contribution in [0.1, 0.15) is 52.5 Å². The van der Waals surface area contributed by atoms with E-state index in [-0.39, 0.29) is 16.9 Å². The van der Waals surface area contributed by atoms with Crippen molar-refractivity contribution in [1.29, 1.82) is 0 Å². The van der Waals surface area contributed by atoms with Crippen molar-refractivity contribution in [2.24, 2.45) is 5.92 Å². The molecular weight excluding hydrogens is 408 g/mol. The Morgan fingerprint density at radius 2 is 1.84 bits per heavy atom. The van der Waals surface area contributed by atoms with Gasteiger partial charge in [-0.25, -0.2) is 0 Å². The van der Waals surface area contributed by atoms with Gasteiger partial charge in [0.2, 0.25) is 0 Å². The lowest BCUT2D eigenvalue weighted by atomic mass is 9.90. The summed E-state index contributed by atoms with van der Waals surface area (Å²) in [6.45, 7) is 17.3.